The lowest BCUT2D eigenvalue weighted by molar-refractivity contribution is -0.132. The van der Waals surface area contributed by atoms with Crippen molar-refractivity contribution in [2.75, 3.05) is 19.6 Å². The van der Waals surface area contributed by atoms with Crippen molar-refractivity contribution < 1.29 is 23.5 Å². The van der Waals surface area contributed by atoms with Gasteiger partial charge in [0.15, 0.2) is 0 Å². The number of carbonyl (C=O) groups excluding carboxylic acids is 1. The molecule has 0 bridgehead atoms. The number of aromatic carboxylic acids is 1. The summed E-state index contributed by atoms with van der Waals surface area (Å²) in [4.78, 5) is 24.3. The summed E-state index contributed by atoms with van der Waals surface area (Å²) in [5.74, 6) is -2.10. The topological polar surface area (TPSA) is 69.6 Å². The number of carboxylic acid groups (broad SMARTS) is 1. The van der Waals surface area contributed by atoms with Gasteiger partial charge >= 0.3 is 12.4 Å². The Morgan fingerprint density at radius 3 is 2.78 bits per heavy atom. The summed E-state index contributed by atoms with van der Waals surface area (Å²) >= 11 is 0. The first-order chi connectivity index (χ1) is 11.0. The van der Waals surface area contributed by atoms with Gasteiger partial charge < -0.3 is 10.4 Å². The number of piperidine rings is 1. The largest absolute Gasteiger partial charge is 0.478 e. The SMILES string of the molecule is O=C(O)c1ccccc1CN1CCCC(CNC(=O)C(F)F)C1. The first-order valence-corrected chi connectivity index (χ1v) is 7.56. The van der Waals surface area contributed by atoms with Crippen LogP contribution in [-0.4, -0.2) is 47.9 Å². The Labute approximate surface area is 133 Å². The highest BCUT2D eigenvalue weighted by molar-refractivity contribution is 5.89. The van der Waals surface area contributed by atoms with Crippen molar-refractivity contribution in [1.29, 1.82) is 0 Å². The summed E-state index contributed by atoms with van der Waals surface area (Å²) < 4.78 is 24.4. The van der Waals surface area contributed by atoms with Crippen LogP contribution in [0.5, 0.6) is 0 Å². The van der Waals surface area contributed by atoms with Crippen LogP contribution in [0.4, 0.5) is 8.78 Å². The summed E-state index contributed by atoms with van der Waals surface area (Å²) in [5, 5.41) is 11.5. The van der Waals surface area contributed by atoms with Crippen molar-refractivity contribution in [3.05, 3.63) is 35.4 Å². The highest BCUT2D eigenvalue weighted by Crippen LogP contribution is 2.20. The lowest BCUT2D eigenvalue weighted by atomic mass is 9.97. The fraction of sp³-hybridized carbons (Fsp3) is 0.500. The smallest absolute Gasteiger partial charge is 0.336 e. The van der Waals surface area contributed by atoms with Gasteiger partial charge in [-0.25, -0.2) is 4.79 Å². The van der Waals surface area contributed by atoms with Crippen molar-refractivity contribution in [3.63, 3.8) is 0 Å². The molecule has 0 radical (unpaired) electrons. The van der Waals surface area contributed by atoms with E-state index in [9.17, 15) is 23.5 Å². The summed E-state index contributed by atoms with van der Waals surface area (Å²) in [6.45, 7) is 2.20. The van der Waals surface area contributed by atoms with Gasteiger partial charge in [0.1, 0.15) is 0 Å². The second-order valence-electron chi connectivity index (χ2n) is 5.75. The summed E-state index contributed by atoms with van der Waals surface area (Å²) in [6.07, 6.45) is -1.23. The minimum atomic E-state index is -2.99. The van der Waals surface area contributed by atoms with Crippen LogP contribution >= 0.6 is 0 Å². The molecule has 126 valence electrons. The number of benzene rings is 1. The van der Waals surface area contributed by atoms with Gasteiger partial charge in [0.25, 0.3) is 5.91 Å². The number of amides is 1. The molecule has 7 heteroatoms. The molecule has 1 aliphatic heterocycles. The summed E-state index contributed by atoms with van der Waals surface area (Å²) in [6, 6.07) is 6.84. The monoisotopic (exact) mass is 326 g/mol. The van der Waals surface area contributed by atoms with Gasteiger partial charge in [-0.3, -0.25) is 9.69 Å². The summed E-state index contributed by atoms with van der Waals surface area (Å²) in [7, 11) is 0. The van der Waals surface area contributed by atoms with E-state index in [-0.39, 0.29) is 18.0 Å². The Bertz CT molecular complexity index is 566. The van der Waals surface area contributed by atoms with Crippen molar-refractivity contribution in [2.24, 2.45) is 5.92 Å². The number of alkyl halides is 2. The molecule has 1 heterocycles. The quantitative estimate of drug-likeness (QED) is 0.839. The fourth-order valence-corrected chi connectivity index (χ4v) is 2.89. The Balaban J connectivity index is 1.92. The zero-order valence-corrected chi connectivity index (χ0v) is 12.7. The number of halogens is 2. The van der Waals surface area contributed by atoms with Crippen LogP contribution in [0.25, 0.3) is 0 Å². The van der Waals surface area contributed by atoms with E-state index in [1.54, 1.807) is 24.3 Å². The third-order valence-corrected chi connectivity index (χ3v) is 4.01. The van der Waals surface area contributed by atoms with Crippen LogP contribution in [-0.2, 0) is 11.3 Å². The van der Waals surface area contributed by atoms with Gasteiger partial charge in [-0.2, -0.15) is 8.78 Å². The van der Waals surface area contributed by atoms with E-state index in [0.717, 1.165) is 24.9 Å². The molecule has 1 saturated heterocycles. The minimum absolute atomic E-state index is 0.100. The first-order valence-electron chi connectivity index (χ1n) is 7.56. The van der Waals surface area contributed by atoms with Gasteiger partial charge in [0, 0.05) is 19.6 Å². The standard InChI is InChI=1S/C16H20F2N2O3/c17-14(18)15(21)19-8-11-4-3-7-20(9-11)10-12-5-1-2-6-13(12)16(22)23/h1-2,5-6,11,14H,3-4,7-10H2,(H,19,21)(H,22,23). The van der Waals surface area contributed by atoms with Gasteiger partial charge in [-0.15, -0.1) is 0 Å². The number of rotatable bonds is 6. The van der Waals surface area contributed by atoms with Crippen molar-refractivity contribution >= 4 is 11.9 Å². The molecule has 1 aliphatic rings. The van der Waals surface area contributed by atoms with Crippen LogP contribution in [0.2, 0.25) is 0 Å². The average Bonchev–Trinajstić information content (AvgIpc) is 2.53. The highest BCUT2D eigenvalue weighted by atomic mass is 19.3. The Hall–Kier alpha value is -2.02. The van der Waals surface area contributed by atoms with Crippen LogP contribution in [0.1, 0.15) is 28.8 Å². The average molecular weight is 326 g/mol. The molecule has 23 heavy (non-hydrogen) atoms. The predicted octanol–water partition coefficient (Wildman–Crippen LogP) is 1.98. The number of hydrogen-bond donors (Lipinski definition) is 2. The second-order valence-corrected chi connectivity index (χ2v) is 5.75. The maximum absolute atomic E-state index is 12.2. The molecule has 1 atom stereocenters. The first kappa shape index (κ1) is 17.3. The number of likely N-dealkylation sites (tertiary alicyclic amines) is 1. The Kier molecular flexibility index (Phi) is 6.04. The normalized spacial score (nSPS) is 18.8. The molecule has 2 rings (SSSR count). The second kappa shape index (κ2) is 8.01. The zero-order chi connectivity index (χ0) is 16.8. The molecule has 1 aromatic carbocycles. The van der Waals surface area contributed by atoms with Crippen molar-refractivity contribution in [1.82, 2.24) is 10.2 Å². The van der Waals surface area contributed by atoms with E-state index in [2.05, 4.69) is 10.2 Å². The predicted molar refractivity (Wildman–Crippen MR) is 80.4 cm³/mol. The Morgan fingerprint density at radius 1 is 1.35 bits per heavy atom. The van der Waals surface area contributed by atoms with Crippen LogP contribution < -0.4 is 5.32 Å². The van der Waals surface area contributed by atoms with E-state index in [1.807, 2.05) is 0 Å². The molecular weight excluding hydrogens is 306 g/mol. The minimum Gasteiger partial charge on any atom is -0.478 e. The number of nitrogens with one attached hydrogen (secondary N) is 1. The fourth-order valence-electron chi connectivity index (χ4n) is 2.89. The van der Waals surface area contributed by atoms with Gasteiger partial charge in [-0.05, 0) is 36.9 Å². The van der Waals surface area contributed by atoms with E-state index >= 15 is 0 Å². The molecule has 1 aromatic rings. The number of carbonyl (C=O) groups is 2. The van der Waals surface area contributed by atoms with Crippen molar-refractivity contribution in [2.45, 2.75) is 25.8 Å². The Morgan fingerprint density at radius 2 is 2.09 bits per heavy atom. The molecule has 1 fully saturated rings. The maximum Gasteiger partial charge on any atom is 0.336 e. The van der Waals surface area contributed by atoms with Crippen LogP contribution in [0.15, 0.2) is 24.3 Å². The molecule has 1 unspecified atom stereocenters. The van der Waals surface area contributed by atoms with Gasteiger partial charge in [-0.1, -0.05) is 18.2 Å². The van der Waals surface area contributed by atoms with E-state index in [1.165, 1.54) is 0 Å². The van der Waals surface area contributed by atoms with E-state index in [0.29, 0.717) is 13.1 Å². The highest BCUT2D eigenvalue weighted by Gasteiger charge is 2.23. The molecule has 0 aliphatic carbocycles. The lowest BCUT2D eigenvalue weighted by Crippen LogP contribution is -2.42. The number of carboxylic acids is 1. The molecule has 1 amide bonds. The zero-order valence-electron chi connectivity index (χ0n) is 12.7. The van der Waals surface area contributed by atoms with Crippen molar-refractivity contribution in [3.8, 4) is 0 Å². The molecular formula is C16H20F2N2O3. The molecule has 0 aromatic heterocycles. The van der Waals surface area contributed by atoms with Crippen LogP contribution in [0, 0.1) is 5.92 Å². The third-order valence-electron chi connectivity index (χ3n) is 4.01. The molecule has 5 nitrogen and oxygen atoms in total. The van der Waals surface area contributed by atoms with E-state index < -0.39 is 18.3 Å². The van der Waals surface area contributed by atoms with Gasteiger partial charge in [0.2, 0.25) is 0 Å². The van der Waals surface area contributed by atoms with E-state index in [4.69, 9.17) is 0 Å². The van der Waals surface area contributed by atoms with Crippen LogP contribution in [0.3, 0.4) is 0 Å². The van der Waals surface area contributed by atoms with Gasteiger partial charge in [0.05, 0.1) is 5.56 Å². The number of hydrogen-bond acceptors (Lipinski definition) is 3. The molecule has 2 N–H and O–H groups in total. The third kappa shape index (κ3) is 4.99. The molecule has 0 saturated carbocycles. The molecule has 0 spiro atoms. The number of nitrogens with zero attached hydrogens (tertiary/aromatic N) is 1. The summed E-state index contributed by atoms with van der Waals surface area (Å²) in [5.41, 5.74) is 1.01. The lowest BCUT2D eigenvalue weighted by Gasteiger charge is -2.33. The maximum atomic E-state index is 12.2.